The van der Waals surface area contributed by atoms with E-state index >= 15 is 0 Å². The number of likely N-dealkylation sites (tertiary alicyclic amines) is 1. The summed E-state index contributed by atoms with van der Waals surface area (Å²) in [6.07, 6.45) is 3.16. The molecular formula is C19H28N2O2. The highest BCUT2D eigenvalue weighted by atomic mass is 16.2. The number of carbonyl (C=O) groups excluding carboxylic acids is 2. The van der Waals surface area contributed by atoms with Gasteiger partial charge < -0.3 is 9.80 Å². The Morgan fingerprint density at radius 1 is 1.17 bits per heavy atom. The van der Waals surface area contributed by atoms with E-state index in [0.29, 0.717) is 5.92 Å². The summed E-state index contributed by atoms with van der Waals surface area (Å²) in [6, 6.07) is 8.20. The fourth-order valence-corrected chi connectivity index (χ4v) is 3.01. The van der Waals surface area contributed by atoms with Gasteiger partial charge in [-0.1, -0.05) is 12.1 Å². The zero-order valence-electron chi connectivity index (χ0n) is 14.7. The van der Waals surface area contributed by atoms with Gasteiger partial charge >= 0.3 is 0 Å². The van der Waals surface area contributed by atoms with Crippen molar-refractivity contribution >= 4 is 11.8 Å². The number of rotatable bonds is 4. The lowest BCUT2D eigenvalue weighted by molar-refractivity contribution is -0.130. The molecule has 0 N–H and O–H groups in total. The van der Waals surface area contributed by atoms with E-state index in [1.807, 2.05) is 37.9 Å². The molecule has 0 atom stereocenters. The van der Waals surface area contributed by atoms with Crippen LogP contribution in [0.15, 0.2) is 24.3 Å². The molecule has 2 amide bonds. The van der Waals surface area contributed by atoms with Crippen molar-refractivity contribution in [2.75, 3.05) is 20.1 Å². The summed E-state index contributed by atoms with van der Waals surface area (Å²) in [5.74, 6) is 0.882. The van der Waals surface area contributed by atoms with Crippen LogP contribution in [0, 0.1) is 5.92 Å². The molecule has 2 rings (SSSR count). The molecule has 0 saturated carbocycles. The number of hydrogen-bond acceptors (Lipinski definition) is 2. The van der Waals surface area contributed by atoms with Crippen LogP contribution in [0.1, 0.15) is 49.5 Å². The third-order valence-electron chi connectivity index (χ3n) is 4.88. The second-order valence-electron chi connectivity index (χ2n) is 6.86. The molecule has 1 fully saturated rings. The molecule has 0 aliphatic carbocycles. The monoisotopic (exact) mass is 316 g/mol. The Morgan fingerprint density at radius 3 is 2.22 bits per heavy atom. The summed E-state index contributed by atoms with van der Waals surface area (Å²) in [4.78, 5) is 27.3. The number of amides is 2. The van der Waals surface area contributed by atoms with Gasteiger partial charge in [-0.05, 0) is 56.7 Å². The Morgan fingerprint density at radius 2 is 1.74 bits per heavy atom. The van der Waals surface area contributed by atoms with Crippen molar-refractivity contribution in [2.24, 2.45) is 5.92 Å². The number of benzene rings is 1. The van der Waals surface area contributed by atoms with E-state index in [-0.39, 0.29) is 17.9 Å². The number of piperidine rings is 1. The van der Waals surface area contributed by atoms with Gasteiger partial charge in [-0.25, -0.2) is 0 Å². The second-order valence-corrected chi connectivity index (χ2v) is 6.86. The van der Waals surface area contributed by atoms with E-state index in [1.54, 1.807) is 11.8 Å². The first-order valence-corrected chi connectivity index (χ1v) is 8.50. The molecule has 126 valence electrons. The van der Waals surface area contributed by atoms with Gasteiger partial charge in [0.1, 0.15) is 0 Å². The first-order chi connectivity index (χ1) is 10.9. The van der Waals surface area contributed by atoms with Crippen molar-refractivity contribution in [2.45, 2.75) is 46.1 Å². The minimum Gasteiger partial charge on any atom is -0.343 e. The van der Waals surface area contributed by atoms with Gasteiger partial charge in [0.15, 0.2) is 0 Å². The van der Waals surface area contributed by atoms with Crippen molar-refractivity contribution in [3.8, 4) is 0 Å². The van der Waals surface area contributed by atoms with Crippen molar-refractivity contribution in [3.05, 3.63) is 35.4 Å². The van der Waals surface area contributed by atoms with Gasteiger partial charge in [0, 0.05) is 38.7 Å². The third kappa shape index (κ3) is 4.57. The maximum Gasteiger partial charge on any atom is 0.253 e. The van der Waals surface area contributed by atoms with Crippen LogP contribution in [-0.4, -0.2) is 47.8 Å². The fraction of sp³-hybridized carbons (Fsp3) is 0.579. The summed E-state index contributed by atoms with van der Waals surface area (Å²) in [5, 5.41) is 0. The van der Waals surface area contributed by atoms with Crippen molar-refractivity contribution in [3.63, 3.8) is 0 Å². The van der Waals surface area contributed by atoms with E-state index in [2.05, 4.69) is 12.1 Å². The molecule has 1 saturated heterocycles. The molecule has 1 aromatic rings. The second kappa shape index (κ2) is 7.62. The minimum absolute atomic E-state index is 0.0707. The van der Waals surface area contributed by atoms with Crippen LogP contribution < -0.4 is 0 Å². The molecule has 0 spiro atoms. The largest absolute Gasteiger partial charge is 0.343 e. The summed E-state index contributed by atoms with van der Waals surface area (Å²) >= 11 is 0. The SMILES string of the molecule is CC(=O)N1CCC(Cc2ccc(C(=O)N(C)C(C)C)cc2)CC1. The summed E-state index contributed by atoms with van der Waals surface area (Å²) < 4.78 is 0. The molecule has 0 bridgehead atoms. The van der Waals surface area contributed by atoms with Gasteiger partial charge in [-0.15, -0.1) is 0 Å². The lowest BCUT2D eigenvalue weighted by atomic mass is 9.90. The highest BCUT2D eigenvalue weighted by Crippen LogP contribution is 2.22. The molecule has 0 aromatic heterocycles. The van der Waals surface area contributed by atoms with Gasteiger partial charge in [0.2, 0.25) is 5.91 Å². The normalized spacial score (nSPS) is 15.8. The average molecular weight is 316 g/mol. The summed E-state index contributed by atoms with van der Waals surface area (Å²) in [6.45, 7) is 7.41. The zero-order valence-corrected chi connectivity index (χ0v) is 14.7. The molecule has 0 unspecified atom stereocenters. The first-order valence-electron chi connectivity index (χ1n) is 8.50. The van der Waals surface area contributed by atoms with E-state index in [9.17, 15) is 9.59 Å². The van der Waals surface area contributed by atoms with Crippen LogP contribution in [0.5, 0.6) is 0 Å². The quantitative estimate of drug-likeness (QED) is 0.857. The number of carbonyl (C=O) groups is 2. The lowest BCUT2D eigenvalue weighted by Gasteiger charge is -2.31. The highest BCUT2D eigenvalue weighted by molar-refractivity contribution is 5.94. The molecular weight excluding hydrogens is 288 g/mol. The van der Waals surface area contributed by atoms with E-state index in [4.69, 9.17) is 0 Å². The summed E-state index contributed by atoms with van der Waals surface area (Å²) in [5.41, 5.74) is 2.02. The Hall–Kier alpha value is -1.84. The third-order valence-corrected chi connectivity index (χ3v) is 4.88. The highest BCUT2D eigenvalue weighted by Gasteiger charge is 2.21. The van der Waals surface area contributed by atoms with Gasteiger partial charge in [0.05, 0.1) is 0 Å². The van der Waals surface area contributed by atoms with Crippen LogP contribution in [-0.2, 0) is 11.2 Å². The van der Waals surface area contributed by atoms with E-state index in [0.717, 1.165) is 37.9 Å². The topological polar surface area (TPSA) is 40.6 Å². The van der Waals surface area contributed by atoms with Gasteiger partial charge in [0.25, 0.3) is 5.91 Å². The van der Waals surface area contributed by atoms with Crippen LogP contribution in [0.2, 0.25) is 0 Å². The first kappa shape index (κ1) is 17.5. The number of nitrogens with zero attached hydrogens (tertiary/aromatic N) is 2. The predicted octanol–water partition coefficient (Wildman–Crippen LogP) is 2.97. The maximum atomic E-state index is 12.3. The van der Waals surface area contributed by atoms with E-state index in [1.165, 1.54) is 5.56 Å². The van der Waals surface area contributed by atoms with Crippen molar-refractivity contribution < 1.29 is 9.59 Å². The Bertz CT molecular complexity index is 543. The molecule has 0 radical (unpaired) electrons. The Labute approximate surface area is 139 Å². The molecule has 1 aliphatic heterocycles. The predicted molar refractivity (Wildman–Crippen MR) is 92.4 cm³/mol. The molecule has 4 heteroatoms. The van der Waals surface area contributed by atoms with Crippen LogP contribution >= 0.6 is 0 Å². The Kier molecular flexibility index (Phi) is 5.80. The summed E-state index contributed by atoms with van der Waals surface area (Å²) in [7, 11) is 1.84. The van der Waals surface area contributed by atoms with Crippen molar-refractivity contribution in [1.29, 1.82) is 0 Å². The standard InChI is InChI=1S/C19H28N2O2/c1-14(2)20(4)19(23)18-7-5-16(6-8-18)13-17-9-11-21(12-10-17)15(3)22/h5-8,14,17H,9-13H2,1-4H3. The zero-order chi connectivity index (χ0) is 17.0. The van der Waals surface area contributed by atoms with Crippen molar-refractivity contribution in [1.82, 2.24) is 9.80 Å². The molecule has 1 heterocycles. The molecule has 1 aliphatic rings. The fourth-order valence-electron chi connectivity index (χ4n) is 3.01. The van der Waals surface area contributed by atoms with Crippen LogP contribution in [0.3, 0.4) is 0 Å². The number of hydrogen-bond donors (Lipinski definition) is 0. The molecule has 1 aromatic carbocycles. The molecule has 4 nitrogen and oxygen atoms in total. The smallest absolute Gasteiger partial charge is 0.253 e. The Balaban J connectivity index is 1.91. The minimum atomic E-state index is 0.0707. The van der Waals surface area contributed by atoms with E-state index < -0.39 is 0 Å². The molecule has 23 heavy (non-hydrogen) atoms. The van der Waals surface area contributed by atoms with Crippen LogP contribution in [0.4, 0.5) is 0 Å². The van der Waals surface area contributed by atoms with Gasteiger partial charge in [-0.2, -0.15) is 0 Å². The maximum absolute atomic E-state index is 12.3. The average Bonchev–Trinajstić information content (AvgIpc) is 2.54. The van der Waals surface area contributed by atoms with Crippen LogP contribution in [0.25, 0.3) is 0 Å². The lowest BCUT2D eigenvalue weighted by Crippen LogP contribution is -2.37. The van der Waals surface area contributed by atoms with Gasteiger partial charge in [-0.3, -0.25) is 9.59 Å².